The second kappa shape index (κ2) is 6.23. The SMILES string of the molecule is N#Cc1cc(C(=O)NS(=O)(=O)C2CCC(C(F)(F)F)CC2)c[nH]1. The van der Waals surface area contributed by atoms with Gasteiger partial charge in [0.2, 0.25) is 10.0 Å². The van der Waals surface area contributed by atoms with Gasteiger partial charge in [0.1, 0.15) is 11.8 Å². The zero-order valence-corrected chi connectivity index (χ0v) is 12.7. The lowest BCUT2D eigenvalue weighted by atomic mass is 9.88. The molecule has 2 rings (SSSR count). The van der Waals surface area contributed by atoms with E-state index in [4.69, 9.17) is 5.26 Å². The molecule has 6 nitrogen and oxygen atoms in total. The number of hydrogen-bond donors (Lipinski definition) is 2. The quantitative estimate of drug-likeness (QED) is 0.872. The number of aromatic amines is 1. The first kappa shape index (κ1) is 17.3. The summed E-state index contributed by atoms with van der Waals surface area (Å²) in [5.41, 5.74) is 0.0623. The van der Waals surface area contributed by atoms with Gasteiger partial charge < -0.3 is 4.98 Å². The first-order valence-electron chi connectivity index (χ1n) is 6.84. The third-order valence-corrected chi connectivity index (χ3v) is 5.70. The van der Waals surface area contributed by atoms with E-state index in [1.54, 1.807) is 6.07 Å². The molecule has 1 saturated carbocycles. The zero-order valence-electron chi connectivity index (χ0n) is 11.9. The number of halogens is 3. The van der Waals surface area contributed by atoms with E-state index in [1.807, 2.05) is 4.72 Å². The maximum Gasteiger partial charge on any atom is 0.391 e. The average molecular weight is 349 g/mol. The highest BCUT2D eigenvalue weighted by atomic mass is 32.2. The highest BCUT2D eigenvalue weighted by molar-refractivity contribution is 7.90. The number of nitriles is 1. The van der Waals surface area contributed by atoms with Crippen LogP contribution in [0.15, 0.2) is 12.3 Å². The van der Waals surface area contributed by atoms with Gasteiger partial charge in [-0.15, -0.1) is 0 Å². The normalized spacial score (nSPS) is 22.3. The lowest BCUT2D eigenvalue weighted by molar-refractivity contribution is -0.181. The molecule has 0 unspecified atom stereocenters. The number of alkyl halides is 3. The summed E-state index contributed by atoms with van der Waals surface area (Å²) in [6.07, 6.45) is -3.98. The van der Waals surface area contributed by atoms with Gasteiger partial charge in [0.25, 0.3) is 5.91 Å². The summed E-state index contributed by atoms with van der Waals surface area (Å²) in [6.45, 7) is 0. The van der Waals surface area contributed by atoms with Gasteiger partial charge in [-0.1, -0.05) is 0 Å². The van der Waals surface area contributed by atoms with Crippen molar-refractivity contribution in [3.8, 4) is 6.07 Å². The summed E-state index contributed by atoms with van der Waals surface area (Å²) in [6, 6.07) is 2.94. The predicted molar refractivity (Wildman–Crippen MR) is 73.7 cm³/mol. The van der Waals surface area contributed by atoms with Gasteiger partial charge in [-0.25, -0.2) is 13.1 Å². The maximum absolute atomic E-state index is 12.6. The molecule has 0 atom stereocenters. The van der Waals surface area contributed by atoms with Gasteiger partial charge in [-0.3, -0.25) is 4.79 Å². The molecule has 1 fully saturated rings. The average Bonchev–Trinajstić information content (AvgIpc) is 2.95. The minimum atomic E-state index is -4.32. The molecule has 1 aliphatic rings. The standard InChI is InChI=1S/C13H14F3N3O3S/c14-13(15,16)9-1-3-11(4-2-9)23(21,22)19-12(20)8-5-10(6-17)18-7-8/h5,7,9,11,18H,1-4H2,(H,19,20). The molecule has 1 amide bonds. The molecule has 0 saturated heterocycles. The van der Waals surface area contributed by atoms with E-state index >= 15 is 0 Å². The van der Waals surface area contributed by atoms with Crippen molar-refractivity contribution in [1.82, 2.24) is 9.71 Å². The van der Waals surface area contributed by atoms with Gasteiger partial charge in [-0.2, -0.15) is 18.4 Å². The van der Waals surface area contributed by atoms with E-state index < -0.39 is 33.3 Å². The number of nitrogens with one attached hydrogen (secondary N) is 2. The first-order valence-corrected chi connectivity index (χ1v) is 8.39. The highest BCUT2D eigenvalue weighted by Gasteiger charge is 2.43. The molecule has 0 bridgehead atoms. The van der Waals surface area contributed by atoms with Gasteiger partial charge >= 0.3 is 6.18 Å². The molecule has 0 radical (unpaired) electrons. The third-order valence-electron chi connectivity index (χ3n) is 3.88. The number of nitrogens with zero attached hydrogens (tertiary/aromatic N) is 1. The Morgan fingerprint density at radius 3 is 2.39 bits per heavy atom. The topological polar surface area (TPSA) is 103 Å². The van der Waals surface area contributed by atoms with Gasteiger partial charge in [0, 0.05) is 6.20 Å². The van der Waals surface area contributed by atoms with Crippen molar-refractivity contribution in [2.24, 2.45) is 5.92 Å². The predicted octanol–water partition coefficient (Wildman–Crippen LogP) is 2.07. The number of hydrogen-bond acceptors (Lipinski definition) is 4. The lowest BCUT2D eigenvalue weighted by Crippen LogP contribution is -2.41. The van der Waals surface area contributed by atoms with E-state index in [2.05, 4.69) is 4.98 Å². The number of rotatable bonds is 3. The molecule has 126 valence electrons. The summed E-state index contributed by atoms with van der Waals surface area (Å²) in [5.74, 6) is -2.41. The van der Waals surface area contributed by atoms with E-state index in [0.717, 1.165) is 0 Å². The minimum Gasteiger partial charge on any atom is -0.352 e. The van der Waals surface area contributed by atoms with Crippen LogP contribution in [0.5, 0.6) is 0 Å². The zero-order chi connectivity index (χ0) is 17.3. The van der Waals surface area contributed by atoms with Crippen LogP contribution in [0.3, 0.4) is 0 Å². The van der Waals surface area contributed by atoms with Crippen LogP contribution < -0.4 is 4.72 Å². The summed E-state index contributed by atoms with van der Waals surface area (Å²) < 4.78 is 63.8. The van der Waals surface area contributed by atoms with Crippen LogP contribution in [0.2, 0.25) is 0 Å². The molecular weight excluding hydrogens is 335 g/mol. The minimum absolute atomic E-state index is 0.0332. The Balaban J connectivity index is 2.00. The second-order valence-electron chi connectivity index (χ2n) is 5.41. The fraction of sp³-hybridized carbons (Fsp3) is 0.538. The van der Waals surface area contributed by atoms with Crippen molar-refractivity contribution in [2.45, 2.75) is 37.1 Å². The van der Waals surface area contributed by atoms with Gasteiger partial charge in [0.15, 0.2) is 0 Å². The van der Waals surface area contributed by atoms with Crippen molar-refractivity contribution >= 4 is 15.9 Å². The van der Waals surface area contributed by atoms with Crippen LogP contribution in [0.4, 0.5) is 13.2 Å². The Labute approximate surface area is 130 Å². The Morgan fingerprint density at radius 1 is 1.30 bits per heavy atom. The van der Waals surface area contributed by atoms with E-state index in [9.17, 15) is 26.4 Å². The summed E-state index contributed by atoms with van der Waals surface area (Å²) in [5, 5.41) is 7.61. The number of carbonyl (C=O) groups excluding carboxylic acids is 1. The van der Waals surface area contributed by atoms with Crippen LogP contribution in [0.1, 0.15) is 41.7 Å². The monoisotopic (exact) mass is 349 g/mol. The smallest absolute Gasteiger partial charge is 0.352 e. The Morgan fingerprint density at radius 2 is 1.91 bits per heavy atom. The molecule has 1 aromatic heterocycles. The number of carbonyl (C=O) groups is 1. The molecule has 1 heterocycles. The number of aromatic nitrogens is 1. The van der Waals surface area contributed by atoms with Crippen LogP contribution in [0, 0.1) is 17.2 Å². The Kier molecular flexibility index (Phi) is 4.70. The lowest BCUT2D eigenvalue weighted by Gasteiger charge is -2.29. The summed E-state index contributed by atoms with van der Waals surface area (Å²) >= 11 is 0. The molecule has 2 N–H and O–H groups in total. The highest BCUT2D eigenvalue weighted by Crippen LogP contribution is 2.38. The van der Waals surface area contributed by atoms with Crippen LogP contribution in [0.25, 0.3) is 0 Å². The third kappa shape index (κ3) is 4.04. The molecule has 0 aromatic carbocycles. The molecule has 10 heteroatoms. The van der Waals surface area contributed by atoms with Crippen molar-refractivity contribution < 1.29 is 26.4 Å². The van der Waals surface area contributed by atoms with E-state index in [0.29, 0.717) is 0 Å². The van der Waals surface area contributed by atoms with Crippen LogP contribution in [-0.4, -0.2) is 30.7 Å². The van der Waals surface area contributed by atoms with Gasteiger partial charge in [0.05, 0.1) is 16.7 Å². The fourth-order valence-corrected chi connectivity index (χ4v) is 4.00. The van der Waals surface area contributed by atoms with Crippen LogP contribution in [-0.2, 0) is 10.0 Å². The molecule has 0 spiro atoms. The summed E-state index contributed by atoms with van der Waals surface area (Å²) in [4.78, 5) is 14.3. The Hall–Kier alpha value is -2.02. The van der Waals surface area contributed by atoms with Crippen molar-refractivity contribution in [3.63, 3.8) is 0 Å². The largest absolute Gasteiger partial charge is 0.391 e. The maximum atomic E-state index is 12.6. The molecular formula is C13H14F3N3O3S. The van der Waals surface area contributed by atoms with E-state index in [1.165, 1.54) is 12.3 Å². The van der Waals surface area contributed by atoms with Crippen molar-refractivity contribution in [2.75, 3.05) is 0 Å². The first-order chi connectivity index (χ1) is 10.6. The van der Waals surface area contributed by atoms with Crippen molar-refractivity contribution in [3.05, 3.63) is 23.5 Å². The molecule has 1 aliphatic carbocycles. The number of amides is 1. The molecule has 23 heavy (non-hydrogen) atoms. The van der Waals surface area contributed by atoms with Gasteiger partial charge in [-0.05, 0) is 31.7 Å². The van der Waals surface area contributed by atoms with Crippen molar-refractivity contribution in [1.29, 1.82) is 5.26 Å². The fourth-order valence-electron chi connectivity index (χ4n) is 2.56. The Bertz CT molecular complexity index is 726. The number of H-pyrrole nitrogens is 1. The molecule has 0 aliphatic heterocycles. The van der Waals surface area contributed by atoms with E-state index in [-0.39, 0.29) is 36.9 Å². The summed E-state index contributed by atoms with van der Waals surface area (Å²) in [7, 11) is -4.06. The number of sulfonamides is 1. The second-order valence-corrected chi connectivity index (χ2v) is 7.37. The molecule has 1 aromatic rings. The van der Waals surface area contributed by atoms with Crippen LogP contribution >= 0.6 is 0 Å².